The highest BCUT2D eigenvalue weighted by atomic mass is 16.4. The number of nitrogens with one attached hydrogen (secondary N) is 1. The molecule has 0 aliphatic rings. The first-order chi connectivity index (χ1) is 7.41. The molecule has 0 aromatic rings. The number of amides is 1. The van der Waals surface area contributed by atoms with E-state index < -0.39 is 17.4 Å². The number of hydrogen-bond donors (Lipinski definition) is 3. The van der Waals surface area contributed by atoms with E-state index in [1.54, 1.807) is 6.92 Å². The summed E-state index contributed by atoms with van der Waals surface area (Å²) in [6.07, 6.45) is 2.23. The molecule has 0 aliphatic carbocycles. The van der Waals surface area contributed by atoms with Crippen molar-refractivity contribution in [1.29, 1.82) is 0 Å². The third-order valence-corrected chi connectivity index (χ3v) is 2.78. The van der Waals surface area contributed by atoms with Crippen LogP contribution in [0.5, 0.6) is 0 Å². The standard InChI is InChI=1S/C11H20N2O3/c1-4-6-8(9(14)15)13-10(16)11(3,5-2)7-12/h4,8H,1,5-7,12H2,2-3H3,(H,13,16)(H,14,15). The Morgan fingerprint density at radius 3 is 2.50 bits per heavy atom. The van der Waals surface area contributed by atoms with Crippen molar-refractivity contribution in [2.24, 2.45) is 11.1 Å². The van der Waals surface area contributed by atoms with E-state index in [-0.39, 0.29) is 18.9 Å². The number of rotatable bonds is 7. The zero-order chi connectivity index (χ0) is 12.8. The molecule has 0 spiro atoms. The number of hydrogen-bond acceptors (Lipinski definition) is 3. The lowest BCUT2D eigenvalue weighted by Gasteiger charge is -2.26. The summed E-state index contributed by atoms with van der Waals surface area (Å²) >= 11 is 0. The molecule has 0 rings (SSSR count). The molecule has 5 nitrogen and oxygen atoms in total. The average molecular weight is 228 g/mol. The monoisotopic (exact) mass is 228 g/mol. The molecule has 0 saturated carbocycles. The van der Waals surface area contributed by atoms with Crippen LogP contribution in [0.25, 0.3) is 0 Å². The van der Waals surface area contributed by atoms with Crippen LogP contribution < -0.4 is 11.1 Å². The van der Waals surface area contributed by atoms with E-state index in [0.717, 1.165) is 0 Å². The highest BCUT2D eigenvalue weighted by Crippen LogP contribution is 2.19. The summed E-state index contributed by atoms with van der Waals surface area (Å²) in [7, 11) is 0. The van der Waals surface area contributed by atoms with Gasteiger partial charge < -0.3 is 16.2 Å². The van der Waals surface area contributed by atoms with Gasteiger partial charge in [0.25, 0.3) is 0 Å². The first-order valence-electron chi connectivity index (χ1n) is 5.26. The molecule has 0 fully saturated rings. The highest BCUT2D eigenvalue weighted by Gasteiger charge is 2.32. The predicted molar refractivity (Wildman–Crippen MR) is 61.8 cm³/mol. The second-order valence-electron chi connectivity index (χ2n) is 4.01. The van der Waals surface area contributed by atoms with Crippen LogP contribution in [0.1, 0.15) is 26.7 Å². The van der Waals surface area contributed by atoms with Crippen LogP contribution >= 0.6 is 0 Å². The maximum atomic E-state index is 11.8. The van der Waals surface area contributed by atoms with Crippen molar-refractivity contribution in [3.63, 3.8) is 0 Å². The highest BCUT2D eigenvalue weighted by molar-refractivity contribution is 5.87. The Bertz CT molecular complexity index is 272. The van der Waals surface area contributed by atoms with Gasteiger partial charge in [-0.2, -0.15) is 0 Å². The van der Waals surface area contributed by atoms with Crippen LogP contribution in [0.2, 0.25) is 0 Å². The van der Waals surface area contributed by atoms with E-state index in [4.69, 9.17) is 10.8 Å². The Morgan fingerprint density at radius 2 is 2.19 bits per heavy atom. The summed E-state index contributed by atoms with van der Waals surface area (Å²) in [4.78, 5) is 22.7. The molecule has 0 aromatic heterocycles. The number of aliphatic carboxylic acids is 1. The lowest BCUT2D eigenvalue weighted by atomic mass is 9.86. The number of carbonyl (C=O) groups excluding carboxylic acids is 1. The van der Waals surface area contributed by atoms with Crippen molar-refractivity contribution in [2.75, 3.05) is 6.54 Å². The van der Waals surface area contributed by atoms with Gasteiger partial charge in [0.2, 0.25) is 5.91 Å². The minimum atomic E-state index is -1.07. The fourth-order valence-electron chi connectivity index (χ4n) is 1.12. The Kier molecular flexibility index (Phi) is 5.74. The molecule has 0 heterocycles. The molecule has 0 aromatic carbocycles. The van der Waals surface area contributed by atoms with Crippen molar-refractivity contribution in [1.82, 2.24) is 5.32 Å². The van der Waals surface area contributed by atoms with Gasteiger partial charge in [-0.25, -0.2) is 4.79 Å². The van der Waals surface area contributed by atoms with Crippen LogP contribution in [0.15, 0.2) is 12.7 Å². The minimum absolute atomic E-state index is 0.190. The van der Waals surface area contributed by atoms with Crippen molar-refractivity contribution in [3.05, 3.63) is 12.7 Å². The van der Waals surface area contributed by atoms with Crippen molar-refractivity contribution >= 4 is 11.9 Å². The molecule has 0 saturated heterocycles. The number of carbonyl (C=O) groups is 2. The number of carboxylic acid groups (broad SMARTS) is 1. The van der Waals surface area contributed by atoms with Gasteiger partial charge in [-0.05, 0) is 19.8 Å². The van der Waals surface area contributed by atoms with E-state index in [9.17, 15) is 9.59 Å². The molecule has 5 heteroatoms. The molecule has 92 valence electrons. The molecular weight excluding hydrogens is 208 g/mol. The summed E-state index contributed by atoms with van der Waals surface area (Å²) in [5, 5.41) is 11.3. The molecule has 4 N–H and O–H groups in total. The molecule has 16 heavy (non-hydrogen) atoms. The summed E-state index contributed by atoms with van der Waals surface area (Å²) < 4.78 is 0. The van der Waals surface area contributed by atoms with Crippen LogP contribution in [-0.4, -0.2) is 29.6 Å². The lowest BCUT2D eigenvalue weighted by molar-refractivity contribution is -0.143. The molecule has 0 radical (unpaired) electrons. The maximum Gasteiger partial charge on any atom is 0.326 e. The minimum Gasteiger partial charge on any atom is -0.480 e. The SMILES string of the molecule is C=CCC(NC(=O)C(C)(CC)CN)C(=O)O. The predicted octanol–water partition coefficient (Wildman–Crippen LogP) is 0.507. The zero-order valence-corrected chi connectivity index (χ0v) is 9.82. The van der Waals surface area contributed by atoms with Gasteiger partial charge in [0.05, 0.1) is 5.41 Å². The average Bonchev–Trinajstić information content (AvgIpc) is 2.26. The quantitative estimate of drug-likeness (QED) is 0.553. The largest absolute Gasteiger partial charge is 0.480 e. The Balaban J connectivity index is 4.62. The van der Waals surface area contributed by atoms with E-state index >= 15 is 0 Å². The summed E-state index contributed by atoms with van der Waals surface area (Å²) in [5.41, 5.74) is 4.80. The van der Waals surface area contributed by atoms with Gasteiger partial charge in [-0.15, -0.1) is 6.58 Å². The summed E-state index contributed by atoms with van der Waals surface area (Å²) in [6, 6.07) is -0.928. The third-order valence-electron chi connectivity index (χ3n) is 2.78. The van der Waals surface area contributed by atoms with Gasteiger partial charge in [0.15, 0.2) is 0 Å². The van der Waals surface area contributed by atoms with E-state index in [1.165, 1.54) is 6.08 Å². The lowest BCUT2D eigenvalue weighted by Crippen LogP contribution is -2.49. The fourth-order valence-corrected chi connectivity index (χ4v) is 1.12. The molecule has 0 aliphatic heterocycles. The van der Waals surface area contributed by atoms with Crippen LogP contribution in [0.3, 0.4) is 0 Å². The van der Waals surface area contributed by atoms with E-state index in [1.807, 2.05) is 6.92 Å². The number of carboxylic acids is 1. The van der Waals surface area contributed by atoms with Gasteiger partial charge in [-0.1, -0.05) is 13.0 Å². The summed E-state index contributed by atoms with van der Waals surface area (Å²) in [5.74, 6) is -1.39. The third kappa shape index (κ3) is 3.66. The van der Waals surface area contributed by atoms with Crippen LogP contribution in [-0.2, 0) is 9.59 Å². The molecule has 2 atom stereocenters. The molecule has 1 amide bonds. The van der Waals surface area contributed by atoms with Gasteiger partial charge in [0.1, 0.15) is 6.04 Å². The molecule has 0 bridgehead atoms. The first-order valence-corrected chi connectivity index (χ1v) is 5.26. The second-order valence-corrected chi connectivity index (χ2v) is 4.01. The normalized spacial score (nSPS) is 15.9. The molecule has 2 unspecified atom stereocenters. The topological polar surface area (TPSA) is 92.4 Å². The van der Waals surface area contributed by atoms with Crippen molar-refractivity contribution in [3.8, 4) is 0 Å². The number of nitrogens with two attached hydrogens (primary N) is 1. The molecular formula is C11H20N2O3. The van der Waals surface area contributed by atoms with Crippen molar-refractivity contribution < 1.29 is 14.7 Å². The fraction of sp³-hybridized carbons (Fsp3) is 0.636. The second kappa shape index (κ2) is 6.27. The van der Waals surface area contributed by atoms with Gasteiger partial charge >= 0.3 is 5.97 Å². The summed E-state index contributed by atoms with van der Waals surface area (Å²) in [6.45, 7) is 7.20. The first kappa shape index (κ1) is 14.6. The smallest absolute Gasteiger partial charge is 0.326 e. The van der Waals surface area contributed by atoms with Crippen LogP contribution in [0.4, 0.5) is 0 Å². The Hall–Kier alpha value is -1.36. The van der Waals surface area contributed by atoms with E-state index in [0.29, 0.717) is 6.42 Å². The maximum absolute atomic E-state index is 11.8. The van der Waals surface area contributed by atoms with Gasteiger partial charge in [0, 0.05) is 6.54 Å². The van der Waals surface area contributed by atoms with E-state index in [2.05, 4.69) is 11.9 Å². The van der Waals surface area contributed by atoms with Crippen LogP contribution in [0, 0.1) is 5.41 Å². The Morgan fingerprint density at radius 1 is 1.62 bits per heavy atom. The zero-order valence-electron chi connectivity index (χ0n) is 9.82. The Labute approximate surface area is 95.7 Å². The van der Waals surface area contributed by atoms with Crippen molar-refractivity contribution in [2.45, 2.75) is 32.7 Å². The van der Waals surface area contributed by atoms with Gasteiger partial charge in [-0.3, -0.25) is 4.79 Å².